The van der Waals surface area contributed by atoms with E-state index in [4.69, 9.17) is 9.84 Å². The zero-order valence-electron chi connectivity index (χ0n) is 27.8. The van der Waals surface area contributed by atoms with Crippen molar-refractivity contribution in [2.75, 3.05) is 6.54 Å². The van der Waals surface area contributed by atoms with Gasteiger partial charge in [-0.05, 0) is 83.5 Å². The van der Waals surface area contributed by atoms with Crippen LogP contribution in [-0.2, 0) is 19.1 Å². The molecule has 6 nitrogen and oxygen atoms in total. The van der Waals surface area contributed by atoms with Gasteiger partial charge in [-0.25, -0.2) is 0 Å². The summed E-state index contributed by atoms with van der Waals surface area (Å²) in [7, 11) is 0. The molecule has 0 spiro atoms. The molecule has 1 unspecified atom stereocenters. The summed E-state index contributed by atoms with van der Waals surface area (Å²) >= 11 is 0. The van der Waals surface area contributed by atoms with E-state index >= 15 is 0 Å². The van der Waals surface area contributed by atoms with Crippen LogP contribution in [0.4, 0.5) is 0 Å². The van der Waals surface area contributed by atoms with E-state index in [1.165, 1.54) is 57.8 Å². The Labute approximate surface area is 264 Å². The topological polar surface area (TPSA) is 92.7 Å². The number of hydrogen-bond acceptors (Lipinski definition) is 4. The summed E-state index contributed by atoms with van der Waals surface area (Å²) in [6.07, 6.45) is 38.3. The number of carbonyl (C=O) groups is 3. The highest BCUT2D eigenvalue weighted by molar-refractivity contribution is 5.80. The monoisotopic (exact) mass is 603 g/mol. The number of hydrogen-bond donors (Lipinski definition) is 2. The molecule has 0 aromatic rings. The molecule has 1 amide bonds. The smallest absolute Gasteiger partial charge is 0.322 e. The van der Waals surface area contributed by atoms with E-state index in [1.54, 1.807) is 0 Å². The number of rotatable bonds is 31. The molecule has 2 N–H and O–H groups in total. The highest BCUT2D eigenvalue weighted by Gasteiger charge is 2.14. The van der Waals surface area contributed by atoms with Crippen LogP contribution in [0.2, 0.25) is 0 Å². The van der Waals surface area contributed by atoms with Crippen LogP contribution in [0.25, 0.3) is 0 Å². The molecule has 0 aliphatic heterocycles. The van der Waals surface area contributed by atoms with Crippen LogP contribution in [0, 0.1) is 0 Å². The van der Waals surface area contributed by atoms with Crippen LogP contribution in [0.1, 0.15) is 168 Å². The Morgan fingerprint density at radius 2 is 1.14 bits per heavy atom. The van der Waals surface area contributed by atoms with Gasteiger partial charge in [0.1, 0.15) is 12.6 Å². The average molecular weight is 604 g/mol. The minimum Gasteiger partial charge on any atom is -0.480 e. The summed E-state index contributed by atoms with van der Waals surface area (Å²) in [5.41, 5.74) is 0. The van der Waals surface area contributed by atoms with Crippen LogP contribution in [0.15, 0.2) is 36.5 Å². The quantitative estimate of drug-likeness (QED) is 0.0467. The first-order valence-corrected chi connectivity index (χ1v) is 17.6. The molecular weight excluding hydrogens is 538 g/mol. The SMILES string of the molecule is CCC/C=C\CCCCCCCC(=O)OC(CCC/C=C\C/C=C\CCCCC)CCCCCCCC(=O)NCC(=O)O. The Kier molecular flexibility index (Phi) is 30.7. The molecule has 0 aromatic heterocycles. The Morgan fingerprint density at radius 1 is 0.605 bits per heavy atom. The number of ether oxygens (including phenoxy) is 1. The third-order valence-electron chi connectivity index (χ3n) is 7.52. The number of carbonyl (C=O) groups excluding carboxylic acids is 2. The summed E-state index contributed by atoms with van der Waals surface area (Å²) in [6.45, 7) is 4.12. The van der Waals surface area contributed by atoms with Gasteiger partial charge in [-0.2, -0.15) is 0 Å². The molecule has 0 aliphatic rings. The Morgan fingerprint density at radius 3 is 1.81 bits per heavy atom. The lowest BCUT2D eigenvalue weighted by atomic mass is 10.0. The standard InChI is InChI=1S/C37H65NO5/c1-3-5-7-9-11-13-15-16-18-21-25-29-34(30-26-22-20-23-27-31-35(39)38-33-36(40)41)43-37(42)32-28-24-19-17-14-12-10-8-6-4-2/h8,10-11,13,16,18,34H,3-7,9,12,14-15,17,19-33H2,1-2H3,(H,38,39)(H,40,41)/b10-8-,13-11-,18-16-. The molecule has 43 heavy (non-hydrogen) atoms. The second kappa shape index (κ2) is 32.5. The molecule has 0 aromatic carbocycles. The maximum atomic E-state index is 12.6. The molecule has 0 fully saturated rings. The number of amides is 1. The van der Waals surface area contributed by atoms with Crippen LogP contribution >= 0.6 is 0 Å². The summed E-state index contributed by atoms with van der Waals surface area (Å²) in [5.74, 6) is -1.28. The van der Waals surface area contributed by atoms with Gasteiger partial charge in [-0.3, -0.25) is 14.4 Å². The van der Waals surface area contributed by atoms with Gasteiger partial charge >= 0.3 is 11.9 Å². The molecular formula is C37H65NO5. The predicted molar refractivity (Wildman–Crippen MR) is 180 cm³/mol. The van der Waals surface area contributed by atoms with E-state index < -0.39 is 5.97 Å². The summed E-state index contributed by atoms with van der Waals surface area (Å²) < 4.78 is 5.95. The molecule has 0 bridgehead atoms. The second-order valence-electron chi connectivity index (χ2n) is 11.8. The predicted octanol–water partition coefficient (Wildman–Crippen LogP) is 10.2. The molecule has 1 atom stereocenters. The molecule has 0 aliphatic carbocycles. The van der Waals surface area contributed by atoms with Gasteiger partial charge in [0.2, 0.25) is 5.91 Å². The maximum absolute atomic E-state index is 12.6. The fraction of sp³-hybridized carbons (Fsp3) is 0.757. The average Bonchev–Trinajstić information content (AvgIpc) is 2.99. The van der Waals surface area contributed by atoms with Crippen LogP contribution in [0.5, 0.6) is 0 Å². The first-order valence-electron chi connectivity index (χ1n) is 17.6. The largest absolute Gasteiger partial charge is 0.480 e. The van der Waals surface area contributed by atoms with Gasteiger partial charge in [0.15, 0.2) is 0 Å². The minimum atomic E-state index is -1.02. The van der Waals surface area contributed by atoms with Crippen molar-refractivity contribution >= 4 is 17.8 Å². The lowest BCUT2D eigenvalue weighted by Crippen LogP contribution is -2.28. The number of allylic oxidation sites excluding steroid dienone is 6. The Bertz CT molecular complexity index is 758. The lowest BCUT2D eigenvalue weighted by Gasteiger charge is -2.18. The third-order valence-corrected chi connectivity index (χ3v) is 7.52. The third kappa shape index (κ3) is 32.4. The Balaban J connectivity index is 4.29. The van der Waals surface area contributed by atoms with E-state index in [1.807, 2.05) is 0 Å². The fourth-order valence-corrected chi connectivity index (χ4v) is 4.90. The molecule has 248 valence electrons. The van der Waals surface area contributed by atoms with Gasteiger partial charge in [0.05, 0.1) is 0 Å². The van der Waals surface area contributed by atoms with Crippen LogP contribution in [-0.4, -0.2) is 35.6 Å². The zero-order chi connectivity index (χ0) is 31.6. The number of aliphatic carboxylic acids is 1. The van der Waals surface area contributed by atoms with Crippen molar-refractivity contribution in [1.29, 1.82) is 0 Å². The molecule has 0 radical (unpaired) electrons. The van der Waals surface area contributed by atoms with Gasteiger partial charge < -0.3 is 15.2 Å². The van der Waals surface area contributed by atoms with Crippen LogP contribution < -0.4 is 5.32 Å². The molecule has 6 heteroatoms. The number of nitrogens with one attached hydrogen (secondary N) is 1. The highest BCUT2D eigenvalue weighted by atomic mass is 16.5. The van der Waals surface area contributed by atoms with Crippen LogP contribution in [0.3, 0.4) is 0 Å². The normalized spacial score (nSPS) is 12.4. The highest BCUT2D eigenvalue weighted by Crippen LogP contribution is 2.17. The number of carboxylic acid groups (broad SMARTS) is 1. The van der Waals surface area contributed by atoms with E-state index in [0.29, 0.717) is 12.8 Å². The van der Waals surface area contributed by atoms with Crippen molar-refractivity contribution < 1.29 is 24.2 Å². The number of esters is 1. The van der Waals surface area contributed by atoms with E-state index in [0.717, 1.165) is 83.5 Å². The van der Waals surface area contributed by atoms with Crippen molar-refractivity contribution in [2.24, 2.45) is 0 Å². The summed E-state index contributed by atoms with van der Waals surface area (Å²) in [4.78, 5) is 34.8. The first-order chi connectivity index (χ1) is 21.0. The fourth-order valence-electron chi connectivity index (χ4n) is 4.90. The first kappa shape index (κ1) is 40.6. The number of unbranched alkanes of at least 4 members (excludes halogenated alkanes) is 14. The van der Waals surface area contributed by atoms with Crippen molar-refractivity contribution in [3.05, 3.63) is 36.5 Å². The van der Waals surface area contributed by atoms with Gasteiger partial charge in [0.25, 0.3) is 0 Å². The van der Waals surface area contributed by atoms with Gasteiger partial charge in [-0.15, -0.1) is 0 Å². The summed E-state index contributed by atoms with van der Waals surface area (Å²) in [5, 5.41) is 11.0. The molecule has 0 rings (SSSR count). The molecule has 0 saturated carbocycles. The van der Waals surface area contributed by atoms with Gasteiger partial charge in [-0.1, -0.05) is 108 Å². The lowest BCUT2D eigenvalue weighted by molar-refractivity contribution is -0.150. The van der Waals surface area contributed by atoms with Crippen molar-refractivity contribution in [3.63, 3.8) is 0 Å². The van der Waals surface area contributed by atoms with Crippen molar-refractivity contribution in [2.45, 2.75) is 174 Å². The number of carboxylic acids is 1. The van der Waals surface area contributed by atoms with E-state index in [9.17, 15) is 14.4 Å². The Hall–Kier alpha value is -2.37. The maximum Gasteiger partial charge on any atom is 0.322 e. The minimum absolute atomic E-state index is 0.0175. The van der Waals surface area contributed by atoms with Gasteiger partial charge in [0, 0.05) is 12.8 Å². The van der Waals surface area contributed by atoms with E-state index in [2.05, 4.69) is 55.6 Å². The van der Waals surface area contributed by atoms with E-state index in [-0.39, 0.29) is 24.5 Å². The summed E-state index contributed by atoms with van der Waals surface area (Å²) in [6, 6.07) is 0. The zero-order valence-corrected chi connectivity index (χ0v) is 27.8. The molecule has 0 heterocycles. The molecule has 0 saturated heterocycles. The van der Waals surface area contributed by atoms with Crippen molar-refractivity contribution in [1.82, 2.24) is 5.32 Å². The van der Waals surface area contributed by atoms with Crippen molar-refractivity contribution in [3.8, 4) is 0 Å². The second-order valence-corrected chi connectivity index (χ2v) is 11.8.